The number of nitriles is 1. The third kappa shape index (κ3) is 2.78. The van der Waals surface area contributed by atoms with E-state index in [-0.39, 0.29) is 11.3 Å². The lowest BCUT2D eigenvalue weighted by Gasteiger charge is -2.16. The maximum Gasteiger partial charge on any atom is 0.255 e. The molecule has 1 rings (SSSR count). The van der Waals surface area contributed by atoms with Crippen molar-refractivity contribution >= 4 is 11.6 Å². The van der Waals surface area contributed by atoms with Gasteiger partial charge in [0.15, 0.2) is 0 Å². The highest BCUT2D eigenvalue weighted by atomic mass is 19.1. The Kier molecular flexibility index (Phi) is 3.25. The molecule has 2 N–H and O–H groups in total. The van der Waals surface area contributed by atoms with Gasteiger partial charge in [-0.3, -0.25) is 4.79 Å². The summed E-state index contributed by atoms with van der Waals surface area (Å²) in [5.74, 6) is -1.42. The molecule has 0 saturated heterocycles. The zero-order valence-corrected chi connectivity index (χ0v) is 8.91. The molecule has 0 aliphatic heterocycles. The molecule has 1 amide bonds. The summed E-state index contributed by atoms with van der Waals surface area (Å²) < 4.78 is 13.3. The fourth-order valence-corrected chi connectivity index (χ4v) is 0.961. The first-order chi connectivity index (χ1) is 7.34. The number of halogens is 1. The minimum atomic E-state index is -1.58. The molecule has 16 heavy (non-hydrogen) atoms. The van der Waals surface area contributed by atoms with E-state index in [4.69, 9.17) is 5.26 Å². The van der Waals surface area contributed by atoms with Crippen molar-refractivity contribution in [3.63, 3.8) is 0 Å². The predicted octanol–water partition coefficient (Wildman–Crippen LogP) is 1.41. The third-order valence-electron chi connectivity index (χ3n) is 1.90. The van der Waals surface area contributed by atoms with Crippen molar-refractivity contribution in [2.45, 2.75) is 19.4 Å². The van der Waals surface area contributed by atoms with E-state index in [9.17, 15) is 14.3 Å². The summed E-state index contributed by atoms with van der Waals surface area (Å²) in [6.45, 7) is 2.59. The molecule has 0 fully saturated rings. The topological polar surface area (TPSA) is 73.1 Å². The smallest absolute Gasteiger partial charge is 0.255 e. The predicted molar refractivity (Wildman–Crippen MR) is 56.0 cm³/mol. The summed E-state index contributed by atoms with van der Waals surface area (Å²) in [5.41, 5.74) is -1.48. The highest BCUT2D eigenvalue weighted by molar-refractivity contribution is 5.96. The van der Waals surface area contributed by atoms with E-state index < -0.39 is 17.3 Å². The van der Waals surface area contributed by atoms with Gasteiger partial charge in [0.05, 0.1) is 17.3 Å². The zero-order valence-electron chi connectivity index (χ0n) is 8.91. The van der Waals surface area contributed by atoms with Gasteiger partial charge in [-0.2, -0.15) is 5.26 Å². The number of anilines is 1. The number of hydrogen-bond donors (Lipinski definition) is 2. The third-order valence-corrected chi connectivity index (χ3v) is 1.90. The second kappa shape index (κ2) is 4.29. The lowest BCUT2D eigenvalue weighted by molar-refractivity contribution is -0.130. The molecule has 1 aromatic rings. The van der Waals surface area contributed by atoms with Crippen LogP contribution in [0.2, 0.25) is 0 Å². The van der Waals surface area contributed by atoms with Gasteiger partial charge in [0, 0.05) is 0 Å². The molecular weight excluding hydrogens is 211 g/mol. The number of rotatable bonds is 2. The van der Waals surface area contributed by atoms with E-state index in [1.54, 1.807) is 6.07 Å². The molecule has 0 unspecified atom stereocenters. The average molecular weight is 222 g/mol. The maximum absolute atomic E-state index is 13.3. The number of carbonyl (C=O) groups excluding carboxylic acids is 1. The van der Waals surface area contributed by atoms with Crippen LogP contribution in [-0.4, -0.2) is 16.6 Å². The minimum Gasteiger partial charge on any atom is -0.381 e. The second-order valence-corrected chi connectivity index (χ2v) is 3.82. The van der Waals surface area contributed by atoms with Crippen molar-refractivity contribution in [3.05, 3.63) is 29.6 Å². The van der Waals surface area contributed by atoms with Crippen LogP contribution in [0.4, 0.5) is 10.1 Å². The molecule has 0 atom stereocenters. The normalized spacial score (nSPS) is 10.7. The minimum absolute atomic E-state index is 0.0638. The number of nitrogens with zero attached hydrogens (tertiary/aromatic N) is 1. The first-order valence-electron chi connectivity index (χ1n) is 4.58. The molecule has 0 bridgehead atoms. The van der Waals surface area contributed by atoms with Gasteiger partial charge < -0.3 is 10.4 Å². The van der Waals surface area contributed by atoms with Gasteiger partial charge >= 0.3 is 0 Å². The number of carbonyl (C=O) groups is 1. The highest BCUT2D eigenvalue weighted by Gasteiger charge is 2.24. The second-order valence-electron chi connectivity index (χ2n) is 3.82. The molecule has 0 radical (unpaired) electrons. The first kappa shape index (κ1) is 12.1. The average Bonchev–Trinajstić information content (AvgIpc) is 2.19. The number of benzene rings is 1. The van der Waals surface area contributed by atoms with Crippen molar-refractivity contribution in [2.24, 2.45) is 0 Å². The Morgan fingerprint density at radius 2 is 2.19 bits per heavy atom. The Morgan fingerprint density at radius 1 is 1.56 bits per heavy atom. The summed E-state index contributed by atoms with van der Waals surface area (Å²) in [5, 5.41) is 20.1. The Bertz CT molecular complexity index is 458. The summed E-state index contributed by atoms with van der Waals surface area (Å²) in [7, 11) is 0. The van der Waals surface area contributed by atoms with Crippen LogP contribution in [-0.2, 0) is 4.79 Å². The van der Waals surface area contributed by atoms with E-state index >= 15 is 0 Å². The first-order valence-corrected chi connectivity index (χ1v) is 4.58. The van der Waals surface area contributed by atoms with E-state index in [2.05, 4.69) is 5.32 Å². The van der Waals surface area contributed by atoms with E-state index in [1.165, 1.54) is 26.0 Å². The number of hydrogen-bond acceptors (Lipinski definition) is 3. The van der Waals surface area contributed by atoms with Gasteiger partial charge in [0.2, 0.25) is 0 Å². The molecule has 5 heteroatoms. The van der Waals surface area contributed by atoms with Crippen molar-refractivity contribution in [3.8, 4) is 6.07 Å². The number of aliphatic hydroxyl groups is 1. The molecule has 0 aromatic heterocycles. The Balaban J connectivity index is 2.92. The molecule has 1 aromatic carbocycles. The van der Waals surface area contributed by atoms with Gasteiger partial charge in [-0.15, -0.1) is 0 Å². The number of nitrogens with one attached hydrogen (secondary N) is 1. The lowest BCUT2D eigenvalue weighted by Crippen LogP contribution is -2.36. The standard InChI is InChI=1S/C11H11FN2O2/c1-11(2,16)10(15)14-9-4-3-7(6-13)5-8(9)12/h3-5,16H,1-2H3,(H,14,15). The summed E-state index contributed by atoms with van der Waals surface area (Å²) in [6.07, 6.45) is 0. The molecular formula is C11H11FN2O2. The van der Waals surface area contributed by atoms with Crippen LogP contribution < -0.4 is 5.32 Å². The fourth-order valence-electron chi connectivity index (χ4n) is 0.961. The molecule has 0 aliphatic rings. The van der Waals surface area contributed by atoms with E-state index in [0.717, 1.165) is 6.07 Å². The van der Waals surface area contributed by atoms with Crippen molar-refractivity contribution < 1.29 is 14.3 Å². The van der Waals surface area contributed by atoms with Crippen LogP contribution in [0.1, 0.15) is 19.4 Å². The summed E-state index contributed by atoms with van der Waals surface area (Å²) >= 11 is 0. The molecule has 84 valence electrons. The molecule has 4 nitrogen and oxygen atoms in total. The van der Waals surface area contributed by atoms with Crippen molar-refractivity contribution in [1.29, 1.82) is 5.26 Å². The van der Waals surface area contributed by atoms with E-state index in [0.29, 0.717) is 0 Å². The van der Waals surface area contributed by atoms with Crippen molar-refractivity contribution in [2.75, 3.05) is 5.32 Å². The van der Waals surface area contributed by atoms with E-state index in [1.807, 2.05) is 0 Å². The van der Waals surface area contributed by atoms with Gasteiger partial charge in [0.25, 0.3) is 5.91 Å². The van der Waals surface area contributed by atoms with Crippen LogP contribution in [0.15, 0.2) is 18.2 Å². The lowest BCUT2D eigenvalue weighted by atomic mass is 10.1. The Labute approximate surface area is 92.3 Å². The summed E-state index contributed by atoms with van der Waals surface area (Å²) in [6, 6.07) is 5.44. The molecule has 0 spiro atoms. The molecule has 0 heterocycles. The van der Waals surface area contributed by atoms with Gasteiger partial charge in [-0.1, -0.05) is 0 Å². The van der Waals surface area contributed by atoms with Crippen LogP contribution in [0.25, 0.3) is 0 Å². The van der Waals surface area contributed by atoms with Crippen molar-refractivity contribution in [1.82, 2.24) is 0 Å². The Hall–Kier alpha value is -1.93. The van der Waals surface area contributed by atoms with Gasteiger partial charge in [-0.25, -0.2) is 4.39 Å². The van der Waals surface area contributed by atoms with Crippen LogP contribution in [0.3, 0.4) is 0 Å². The number of amides is 1. The molecule has 0 saturated carbocycles. The monoisotopic (exact) mass is 222 g/mol. The van der Waals surface area contributed by atoms with Crippen LogP contribution in [0.5, 0.6) is 0 Å². The maximum atomic E-state index is 13.3. The fraction of sp³-hybridized carbons (Fsp3) is 0.273. The largest absolute Gasteiger partial charge is 0.381 e. The molecule has 0 aliphatic carbocycles. The SMILES string of the molecule is CC(C)(O)C(=O)Nc1ccc(C#N)cc1F. The quantitative estimate of drug-likeness (QED) is 0.794. The van der Waals surface area contributed by atoms with Crippen LogP contribution >= 0.6 is 0 Å². The van der Waals surface area contributed by atoms with Gasteiger partial charge in [0.1, 0.15) is 11.4 Å². The highest BCUT2D eigenvalue weighted by Crippen LogP contribution is 2.17. The van der Waals surface area contributed by atoms with Crippen LogP contribution in [0, 0.1) is 17.1 Å². The Morgan fingerprint density at radius 3 is 2.62 bits per heavy atom. The van der Waals surface area contributed by atoms with Gasteiger partial charge in [-0.05, 0) is 32.0 Å². The summed E-state index contributed by atoms with van der Waals surface area (Å²) in [4.78, 5) is 11.3. The zero-order chi connectivity index (χ0) is 12.3.